The fourth-order valence-corrected chi connectivity index (χ4v) is 1.75. The molecule has 2 aromatic heterocycles. The summed E-state index contributed by atoms with van der Waals surface area (Å²) in [7, 11) is 1.91. The van der Waals surface area contributed by atoms with Gasteiger partial charge in [-0.3, -0.25) is 4.98 Å². The molecule has 17 heavy (non-hydrogen) atoms. The highest BCUT2D eigenvalue weighted by atomic mass is 15.3. The van der Waals surface area contributed by atoms with Crippen LogP contribution in [-0.4, -0.2) is 19.7 Å². The molecule has 0 amide bonds. The largest absolute Gasteiger partial charge is 0.325 e. The van der Waals surface area contributed by atoms with E-state index in [-0.39, 0.29) is 0 Å². The van der Waals surface area contributed by atoms with Gasteiger partial charge in [-0.2, -0.15) is 5.10 Å². The van der Waals surface area contributed by atoms with Crippen molar-refractivity contribution in [1.82, 2.24) is 19.7 Å². The molecule has 0 aliphatic rings. The van der Waals surface area contributed by atoms with Crippen molar-refractivity contribution in [3.8, 4) is 11.4 Å². The first kappa shape index (κ1) is 11.7. The van der Waals surface area contributed by atoms with Gasteiger partial charge in [-0.05, 0) is 18.6 Å². The number of nitrogens with zero attached hydrogens (tertiary/aromatic N) is 4. The minimum atomic E-state index is 0.438. The standard InChI is InChI=1S/C12H17N5/c1-3-4-11-15-12(17(2)16-11)9-5-6-14-10(7-9)8-13/h5-7H,3-4,8,13H2,1-2H3. The molecule has 0 aliphatic carbocycles. The molecule has 2 heterocycles. The molecule has 0 saturated carbocycles. The highest BCUT2D eigenvalue weighted by Gasteiger charge is 2.09. The van der Waals surface area contributed by atoms with Gasteiger partial charge in [0.25, 0.3) is 0 Å². The molecule has 0 fully saturated rings. The van der Waals surface area contributed by atoms with Crippen LogP contribution in [0.2, 0.25) is 0 Å². The van der Waals surface area contributed by atoms with E-state index in [2.05, 4.69) is 22.0 Å². The van der Waals surface area contributed by atoms with Crippen molar-refractivity contribution >= 4 is 0 Å². The van der Waals surface area contributed by atoms with Crippen LogP contribution in [0.15, 0.2) is 18.3 Å². The third-order valence-corrected chi connectivity index (χ3v) is 2.56. The number of hydrogen-bond acceptors (Lipinski definition) is 4. The van der Waals surface area contributed by atoms with Crippen molar-refractivity contribution in [2.45, 2.75) is 26.3 Å². The lowest BCUT2D eigenvalue weighted by Gasteiger charge is -2.01. The lowest BCUT2D eigenvalue weighted by Crippen LogP contribution is -2.00. The van der Waals surface area contributed by atoms with Crippen LogP contribution in [-0.2, 0) is 20.0 Å². The number of hydrogen-bond donors (Lipinski definition) is 1. The molecule has 5 nitrogen and oxygen atoms in total. The van der Waals surface area contributed by atoms with Crippen molar-refractivity contribution in [3.63, 3.8) is 0 Å². The molecule has 2 aromatic rings. The van der Waals surface area contributed by atoms with Crippen LogP contribution in [0.1, 0.15) is 24.9 Å². The maximum Gasteiger partial charge on any atom is 0.158 e. The fourth-order valence-electron chi connectivity index (χ4n) is 1.75. The smallest absolute Gasteiger partial charge is 0.158 e. The molecular formula is C12H17N5. The predicted octanol–water partition coefficient (Wildman–Crippen LogP) is 1.29. The van der Waals surface area contributed by atoms with Gasteiger partial charge in [0.05, 0.1) is 5.69 Å². The summed E-state index contributed by atoms with van der Waals surface area (Å²) < 4.78 is 1.81. The Bertz CT molecular complexity index is 503. The van der Waals surface area contributed by atoms with Crippen molar-refractivity contribution in [1.29, 1.82) is 0 Å². The molecule has 0 bridgehead atoms. The number of rotatable bonds is 4. The monoisotopic (exact) mass is 231 g/mol. The summed E-state index contributed by atoms with van der Waals surface area (Å²) in [5.41, 5.74) is 7.46. The molecule has 0 unspecified atom stereocenters. The first-order valence-electron chi connectivity index (χ1n) is 5.80. The van der Waals surface area contributed by atoms with Crippen molar-refractivity contribution < 1.29 is 0 Å². The molecule has 0 spiro atoms. The minimum Gasteiger partial charge on any atom is -0.325 e. The molecular weight excluding hydrogens is 214 g/mol. The van der Waals surface area contributed by atoms with Gasteiger partial charge < -0.3 is 5.73 Å². The lowest BCUT2D eigenvalue weighted by atomic mass is 10.2. The zero-order valence-electron chi connectivity index (χ0n) is 10.2. The quantitative estimate of drug-likeness (QED) is 0.860. The third-order valence-electron chi connectivity index (χ3n) is 2.56. The summed E-state index contributed by atoms with van der Waals surface area (Å²) in [6, 6.07) is 3.89. The number of nitrogens with two attached hydrogens (primary N) is 1. The van der Waals surface area contributed by atoms with Crippen LogP contribution in [0.3, 0.4) is 0 Å². The maximum absolute atomic E-state index is 5.58. The van der Waals surface area contributed by atoms with E-state index in [1.807, 2.05) is 19.2 Å². The van der Waals surface area contributed by atoms with Crippen LogP contribution >= 0.6 is 0 Å². The summed E-state index contributed by atoms with van der Waals surface area (Å²) >= 11 is 0. The second-order valence-electron chi connectivity index (χ2n) is 3.97. The summed E-state index contributed by atoms with van der Waals surface area (Å²) in [5, 5.41) is 4.39. The van der Waals surface area contributed by atoms with Gasteiger partial charge in [0, 0.05) is 31.8 Å². The Morgan fingerprint density at radius 1 is 1.41 bits per heavy atom. The van der Waals surface area contributed by atoms with E-state index in [9.17, 15) is 0 Å². The summed E-state index contributed by atoms with van der Waals surface area (Å²) in [4.78, 5) is 8.70. The number of aryl methyl sites for hydroxylation is 2. The molecule has 0 radical (unpaired) electrons. The van der Waals surface area contributed by atoms with Crippen LogP contribution in [0.4, 0.5) is 0 Å². The van der Waals surface area contributed by atoms with Crippen LogP contribution in [0.25, 0.3) is 11.4 Å². The Morgan fingerprint density at radius 3 is 2.94 bits per heavy atom. The predicted molar refractivity (Wildman–Crippen MR) is 66.1 cm³/mol. The van der Waals surface area contributed by atoms with E-state index in [1.54, 1.807) is 10.9 Å². The van der Waals surface area contributed by atoms with Gasteiger partial charge in [0.15, 0.2) is 11.6 Å². The van der Waals surface area contributed by atoms with E-state index in [0.717, 1.165) is 35.7 Å². The van der Waals surface area contributed by atoms with Gasteiger partial charge in [-0.25, -0.2) is 9.67 Å². The zero-order valence-corrected chi connectivity index (χ0v) is 10.2. The zero-order chi connectivity index (χ0) is 12.3. The Balaban J connectivity index is 2.37. The van der Waals surface area contributed by atoms with Crippen molar-refractivity contribution in [2.75, 3.05) is 0 Å². The van der Waals surface area contributed by atoms with Crippen LogP contribution in [0.5, 0.6) is 0 Å². The second-order valence-corrected chi connectivity index (χ2v) is 3.97. The minimum absolute atomic E-state index is 0.438. The first-order valence-corrected chi connectivity index (χ1v) is 5.80. The molecule has 90 valence electrons. The highest BCUT2D eigenvalue weighted by molar-refractivity contribution is 5.55. The van der Waals surface area contributed by atoms with Gasteiger partial charge in [0.1, 0.15) is 0 Å². The molecule has 5 heteroatoms. The summed E-state index contributed by atoms with van der Waals surface area (Å²) in [6.45, 7) is 2.56. The molecule has 0 saturated heterocycles. The van der Waals surface area contributed by atoms with Gasteiger partial charge in [-0.1, -0.05) is 6.92 Å². The highest BCUT2D eigenvalue weighted by Crippen LogP contribution is 2.17. The van der Waals surface area contributed by atoms with E-state index < -0.39 is 0 Å². The van der Waals surface area contributed by atoms with Crippen molar-refractivity contribution in [2.24, 2.45) is 12.8 Å². The van der Waals surface area contributed by atoms with Crippen LogP contribution in [0, 0.1) is 0 Å². The third kappa shape index (κ3) is 2.50. The Morgan fingerprint density at radius 2 is 2.24 bits per heavy atom. The second kappa shape index (κ2) is 5.05. The Kier molecular flexibility index (Phi) is 3.49. The molecule has 0 aromatic carbocycles. The molecule has 2 N–H and O–H groups in total. The number of pyridine rings is 1. The van der Waals surface area contributed by atoms with E-state index in [4.69, 9.17) is 5.73 Å². The summed E-state index contributed by atoms with van der Waals surface area (Å²) in [6.07, 6.45) is 3.71. The Hall–Kier alpha value is -1.75. The lowest BCUT2D eigenvalue weighted by molar-refractivity contribution is 0.737. The SMILES string of the molecule is CCCc1nc(-c2ccnc(CN)c2)n(C)n1. The van der Waals surface area contributed by atoms with E-state index in [1.165, 1.54) is 0 Å². The van der Waals surface area contributed by atoms with Gasteiger partial charge >= 0.3 is 0 Å². The van der Waals surface area contributed by atoms with Crippen LogP contribution < -0.4 is 5.73 Å². The number of aromatic nitrogens is 4. The molecule has 0 aliphatic heterocycles. The molecule has 2 rings (SSSR count). The van der Waals surface area contributed by atoms with E-state index >= 15 is 0 Å². The summed E-state index contributed by atoms with van der Waals surface area (Å²) in [5.74, 6) is 1.75. The topological polar surface area (TPSA) is 69.6 Å². The first-order chi connectivity index (χ1) is 8.24. The maximum atomic E-state index is 5.58. The van der Waals surface area contributed by atoms with Crippen molar-refractivity contribution in [3.05, 3.63) is 29.8 Å². The normalized spacial score (nSPS) is 10.8. The molecule has 0 atom stereocenters. The average molecular weight is 231 g/mol. The van der Waals surface area contributed by atoms with Gasteiger partial charge in [0.2, 0.25) is 0 Å². The Labute approximate surface area is 101 Å². The van der Waals surface area contributed by atoms with E-state index in [0.29, 0.717) is 6.54 Å². The average Bonchev–Trinajstić information content (AvgIpc) is 2.71. The fraction of sp³-hybridized carbons (Fsp3) is 0.417. The van der Waals surface area contributed by atoms with Gasteiger partial charge in [-0.15, -0.1) is 0 Å².